The molecule has 0 bridgehead atoms. The summed E-state index contributed by atoms with van der Waals surface area (Å²) in [5.74, 6) is -1.59. The summed E-state index contributed by atoms with van der Waals surface area (Å²) in [5.41, 5.74) is 1.71. The van der Waals surface area contributed by atoms with Crippen LogP contribution in [0.5, 0.6) is 0 Å². The third kappa shape index (κ3) is 4.18. The van der Waals surface area contributed by atoms with Crippen molar-refractivity contribution in [3.63, 3.8) is 0 Å². The molecule has 6 heteroatoms. The summed E-state index contributed by atoms with van der Waals surface area (Å²) in [4.78, 5) is 38.1. The highest BCUT2D eigenvalue weighted by Crippen LogP contribution is 2.33. The van der Waals surface area contributed by atoms with Crippen molar-refractivity contribution in [3.8, 4) is 0 Å². The average molecular weight is 344 g/mol. The summed E-state index contributed by atoms with van der Waals surface area (Å²) < 4.78 is 0. The van der Waals surface area contributed by atoms with Gasteiger partial charge in [-0.1, -0.05) is 17.7 Å². The Morgan fingerprint density at radius 1 is 1.16 bits per heavy atom. The maximum Gasteiger partial charge on any atom is 0.326 e. The van der Waals surface area contributed by atoms with Gasteiger partial charge in [-0.25, -0.2) is 4.79 Å². The van der Waals surface area contributed by atoms with E-state index in [-0.39, 0.29) is 23.7 Å². The lowest BCUT2D eigenvalue weighted by Crippen LogP contribution is -2.50. The van der Waals surface area contributed by atoms with Crippen LogP contribution in [-0.2, 0) is 9.59 Å². The fraction of sp³-hybridized carbons (Fsp3) is 0.526. The second-order valence-electron chi connectivity index (χ2n) is 7.12. The maximum absolute atomic E-state index is 12.6. The number of carboxylic acids is 1. The van der Waals surface area contributed by atoms with Crippen LogP contribution in [-0.4, -0.2) is 46.9 Å². The zero-order valence-corrected chi connectivity index (χ0v) is 14.4. The lowest BCUT2D eigenvalue weighted by Gasteiger charge is -2.32. The van der Waals surface area contributed by atoms with Crippen LogP contribution in [0.25, 0.3) is 0 Å². The first-order valence-electron chi connectivity index (χ1n) is 8.85. The molecular formula is C19H24N2O4. The minimum atomic E-state index is -0.973. The summed E-state index contributed by atoms with van der Waals surface area (Å²) >= 11 is 0. The van der Waals surface area contributed by atoms with Crippen LogP contribution in [0, 0.1) is 18.8 Å². The number of aryl methyl sites for hydroxylation is 1. The number of carboxylic acid groups (broad SMARTS) is 1. The molecule has 25 heavy (non-hydrogen) atoms. The minimum absolute atomic E-state index is 0.0512. The average Bonchev–Trinajstić information content (AvgIpc) is 3.44. The molecule has 1 saturated heterocycles. The maximum atomic E-state index is 12.6. The van der Waals surface area contributed by atoms with Gasteiger partial charge >= 0.3 is 5.97 Å². The van der Waals surface area contributed by atoms with Gasteiger partial charge in [-0.05, 0) is 50.7 Å². The highest BCUT2D eigenvalue weighted by molar-refractivity contribution is 5.95. The van der Waals surface area contributed by atoms with E-state index < -0.39 is 12.0 Å². The third-order valence-corrected chi connectivity index (χ3v) is 5.04. The van der Waals surface area contributed by atoms with Gasteiger partial charge in [-0.3, -0.25) is 9.59 Å². The molecule has 1 aliphatic carbocycles. The van der Waals surface area contributed by atoms with Crippen LogP contribution in [0.1, 0.15) is 41.6 Å². The quantitative estimate of drug-likeness (QED) is 0.853. The van der Waals surface area contributed by atoms with Crippen LogP contribution >= 0.6 is 0 Å². The van der Waals surface area contributed by atoms with Gasteiger partial charge in [0.1, 0.15) is 6.04 Å². The monoisotopic (exact) mass is 344 g/mol. The van der Waals surface area contributed by atoms with E-state index in [4.69, 9.17) is 0 Å². The van der Waals surface area contributed by atoms with Gasteiger partial charge in [-0.15, -0.1) is 0 Å². The van der Waals surface area contributed by atoms with Crippen LogP contribution in [0.15, 0.2) is 24.3 Å². The third-order valence-electron chi connectivity index (χ3n) is 5.04. The molecule has 2 unspecified atom stereocenters. The molecule has 1 aliphatic heterocycles. The summed E-state index contributed by atoms with van der Waals surface area (Å²) in [6.07, 6.45) is 3.12. The molecule has 6 nitrogen and oxygen atoms in total. The van der Waals surface area contributed by atoms with Crippen molar-refractivity contribution >= 4 is 17.8 Å². The van der Waals surface area contributed by atoms with Gasteiger partial charge in [-0.2, -0.15) is 0 Å². The van der Waals surface area contributed by atoms with E-state index in [9.17, 15) is 19.5 Å². The van der Waals surface area contributed by atoms with Gasteiger partial charge in [0.2, 0.25) is 5.91 Å². The van der Waals surface area contributed by atoms with Crippen molar-refractivity contribution in [2.24, 2.45) is 11.8 Å². The van der Waals surface area contributed by atoms with E-state index in [1.165, 1.54) is 0 Å². The Hall–Kier alpha value is -2.37. The summed E-state index contributed by atoms with van der Waals surface area (Å²) in [6, 6.07) is 6.60. The number of hydrogen-bond donors (Lipinski definition) is 2. The Balaban J connectivity index is 1.62. The fourth-order valence-electron chi connectivity index (χ4n) is 3.34. The van der Waals surface area contributed by atoms with Crippen molar-refractivity contribution < 1.29 is 19.5 Å². The Morgan fingerprint density at radius 2 is 1.84 bits per heavy atom. The number of hydrogen-bond acceptors (Lipinski definition) is 3. The van der Waals surface area contributed by atoms with Gasteiger partial charge in [0.15, 0.2) is 0 Å². The van der Waals surface area contributed by atoms with Crippen LogP contribution in [0.2, 0.25) is 0 Å². The second-order valence-corrected chi connectivity index (χ2v) is 7.12. The van der Waals surface area contributed by atoms with Crippen LogP contribution in [0.4, 0.5) is 0 Å². The highest BCUT2D eigenvalue weighted by atomic mass is 16.4. The van der Waals surface area contributed by atoms with E-state index in [1.54, 1.807) is 17.0 Å². The number of aliphatic carboxylic acids is 1. The van der Waals surface area contributed by atoms with Gasteiger partial charge < -0.3 is 15.3 Å². The van der Waals surface area contributed by atoms with Gasteiger partial charge in [0.25, 0.3) is 5.91 Å². The lowest BCUT2D eigenvalue weighted by molar-refractivity contribution is -0.143. The standard InChI is InChI=1S/C19H24N2O4/c1-12-4-6-14(7-5-12)18(23)21-10-2-3-15(11-21)17(22)20-16(19(24)25)13-8-9-13/h4-7,13,15-16H,2-3,8-11H2,1H3,(H,20,22)(H,24,25). The summed E-state index contributed by atoms with van der Waals surface area (Å²) in [6.45, 7) is 2.94. The predicted octanol–water partition coefficient (Wildman–Crippen LogP) is 1.83. The van der Waals surface area contributed by atoms with Crippen molar-refractivity contribution in [2.75, 3.05) is 13.1 Å². The zero-order valence-electron chi connectivity index (χ0n) is 14.4. The van der Waals surface area contributed by atoms with Crippen molar-refractivity contribution in [1.29, 1.82) is 0 Å². The Morgan fingerprint density at radius 3 is 2.44 bits per heavy atom. The van der Waals surface area contributed by atoms with Gasteiger partial charge in [0.05, 0.1) is 5.92 Å². The molecule has 2 N–H and O–H groups in total. The number of rotatable bonds is 5. The van der Waals surface area contributed by atoms with E-state index >= 15 is 0 Å². The number of piperidine rings is 1. The molecule has 0 radical (unpaired) electrons. The first-order chi connectivity index (χ1) is 12.0. The number of carbonyl (C=O) groups is 3. The van der Waals surface area contributed by atoms with E-state index in [0.29, 0.717) is 25.1 Å². The number of amides is 2. The molecule has 3 rings (SSSR count). The fourth-order valence-corrected chi connectivity index (χ4v) is 3.34. The van der Waals surface area contributed by atoms with Crippen LogP contribution in [0.3, 0.4) is 0 Å². The molecular weight excluding hydrogens is 320 g/mol. The molecule has 1 aromatic carbocycles. The second kappa shape index (κ2) is 7.25. The van der Waals surface area contributed by atoms with Crippen molar-refractivity contribution in [2.45, 2.75) is 38.6 Å². The smallest absolute Gasteiger partial charge is 0.326 e. The Labute approximate surface area is 147 Å². The normalized spacial score (nSPS) is 21.5. The topological polar surface area (TPSA) is 86.7 Å². The SMILES string of the molecule is Cc1ccc(C(=O)N2CCCC(C(=O)NC(C(=O)O)C3CC3)C2)cc1. The molecule has 1 aromatic rings. The molecule has 2 amide bonds. The molecule has 2 atom stereocenters. The molecule has 1 saturated carbocycles. The van der Waals surface area contributed by atoms with Crippen LogP contribution < -0.4 is 5.32 Å². The first kappa shape index (κ1) is 17.5. The molecule has 2 fully saturated rings. The minimum Gasteiger partial charge on any atom is -0.480 e. The zero-order chi connectivity index (χ0) is 18.0. The largest absolute Gasteiger partial charge is 0.480 e. The molecule has 0 aromatic heterocycles. The lowest BCUT2D eigenvalue weighted by atomic mass is 9.95. The highest BCUT2D eigenvalue weighted by Gasteiger charge is 2.39. The molecule has 2 aliphatic rings. The number of nitrogens with one attached hydrogen (secondary N) is 1. The predicted molar refractivity (Wildman–Crippen MR) is 92.1 cm³/mol. The molecule has 1 heterocycles. The van der Waals surface area contributed by atoms with Crippen molar-refractivity contribution in [1.82, 2.24) is 10.2 Å². The molecule has 0 spiro atoms. The first-order valence-corrected chi connectivity index (χ1v) is 8.85. The number of carbonyl (C=O) groups excluding carboxylic acids is 2. The molecule has 134 valence electrons. The van der Waals surface area contributed by atoms with Crippen molar-refractivity contribution in [3.05, 3.63) is 35.4 Å². The number of likely N-dealkylation sites (tertiary alicyclic amines) is 1. The summed E-state index contributed by atoms with van der Waals surface area (Å²) in [5, 5.41) is 11.9. The van der Waals surface area contributed by atoms with E-state index in [2.05, 4.69) is 5.32 Å². The number of nitrogens with zero attached hydrogens (tertiary/aromatic N) is 1. The number of benzene rings is 1. The Bertz CT molecular complexity index is 667. The Kier molecular flexibility index (Phi) is 5.06. The summed E-state index contributed by atoms with van der Waals surface area (Å²) in [7, 11) is 0. The van der Waals surface area contributed by atoms with E-state index in [0.717, 1.165) is 24.8 Å². The van der Waals surface area contributed by atoms with E-state index in [1.807, 2.05) is 19.1 Å². The van der Waals surface area contributed by atoms with Gasteiger partial charge in [0, 0.05) is 18.7 Å².